The van der Waals surface area contributed by atoms with Gasteiger partial charge in [0.25, 0.3) is 0 Å². The lowest BCUT2D eigenvalue weighted by Gasteiger charge is -2.37. The zero-order valence-corrected chi connectivity index (χ0v) is 20.0. The van der Waals surface area contributed by atoms with Crippen LogP contribution in [0.2, 0.25) is 0 Å². The van der Waals surface area contributed by atoms with Crippen LogP contribution in [-0.2, 0) is 19.6 Å². The lowest BCUT2D eigenvalue weighted by Crippen LogP contribution is -2.51. The molecule has 182 valence electrons. The van der Waals surface area contributed by atoms with Crippen LogP contribution in [0.1, 0.15) is 12.0 Å². The summed E-state index contributed by atoms with van der Waals surface area (Å²) in [5.41, 5.74) is 2.11. The minimum Gasteiger partial charge on any atom is -0.394 e. The molecule has 2 aromatic carbocycles. The Kier molecular flexibility index (Phi) is 7.67. The molecule has 3 atom stereocenters. The van der Waals surface area contributed by atoms with Crippen LogP contribution in [0.15, 0.2) is 71.6 Å². The fourth-order valence-electron chi connectivity index (χ4n) is 4.23. The first-order valence-corrected chi connectivity index (χ1v) is 13.0. The summed E-state index contributed by atoms with van der Waals surface area (Å²) in [7, 11) is -3.78. The number of aryl methyl sites for hydroxylation is 1. The normalized spacial score (nSPS) is 23.2. The number of amides is 1. The molecule has 0 aliphatic carbocycles. The van der Waals surface area contributed by atoms with E-state index in [1.54, 1.807) is 24.3 Å². The number of carbonyl (C=O) groups is 1. The van der Waals surface area contributed by atoms with E-state index >= 15 is 0 Å². The molecule has 2 N–H and O–H groups in total. The van der Waals surface area contributed by atoms with E-state index in [4.69, 9.17) is 4.74 Å². The molecule has 2 aromatic rings. The zero-order valence-electron chi connectivity index (χ0n) is 19.2. The van der Waals surface area contributed by atoms with Crippen molar-refractivity contribution in [1.82, 2.24) is 9.62 Å². The average Bonchev–Trinajstić information content (AvgIpc) is 2.85. The van der Waals surface area contributed by atoms with Gasteiger partial charge >= 0.3 is 0 Å². The van der Waals surface area contributed by atoms with Crippen LogP contribution in [0, 0.1) is 6.92 Å². The fourth-order valence-corrected chi connectivity index (χ4v) is 5.45. The Balaban J connectivity index is 1.32. The fraction of sp³-hybridized carbons (Fsp3) is 0.400. The van der Waals surface area contributed by atoms with Gasteiger partial charge in [0.05, 0.1) is 30.1 Å². The van der Waals surface area contributed by atoms with E-state index in [2.05, 4.69) is 21.8 Å². The van der Waals surface area contributed by atoms with E-state index in [9.17, 15) is 18.3 Å². The van der Waals surface area contributed by atoms with E-state index in [1.165, 1.54) is 12.1 Å². The van der Waals surface area contributed by atoms with E-state index in [1.807, 2.05) is 30.0 Å². The molecule has 0 aromatic heterocycles. The molecule has 0 unspecified atom stereocenters. The zero-order chi connectivity index (χ0) is 24.1. The number of ether oxygens (including phenoxy) is 1. The molecule has 8 nitrogen and oxygen atoms in total. The third kappa shape index (κ3) is 5.85. The molecule has 2 aliphatic rings. The standard InChI is InChI=1S/C25H31N3O5S/c1-19-7-10-22(11-8-19)34(31,32)26-23-12-9-21(33-24(23)18-29)17-25(30)28-15-13-27(14-16-28)20-5-3-2-4-6-20/h2-12,21,23-24,26,29H,13-18H2,1H3/t21-,23-,24+/m1/s1. The van der Waals surface area contributed by atoms with Crippen LogP contribution in [0.3, 0.4) is 0 Å². The largest absolute Gasteiger partial charge is 0.394 e. The molecule has 2 aliphatic heterocycles. The molecule has 2 heterocycles. The highest BCUT2D eigenvalue weighted by molar-refractivity contribution is 7.89. The van der Waals surface area contributed by atoms with Crippen molar-refractivity contribution < 1.29 is 23.1 Å². The number of hydrogen-bond acceptors (Lipinski definition) is 6. The van der Waals surface area contributed by atoms with Crippen LogP contribution >= 0.6 is 0 Å². The Labute approximate surface area is 200 Å². The number of carbonyl (C=O) groups excluding carboxylic acids is 1. The third-order valence-corrected chi connectivity index (χ3v) is 7.69. The van der Waals surface area contributed by atoms with Crippen LogP contribution in [0.25, 0.3) is 0 Å². The maximum absolute atomic E-state index is 12.8. The SMILES string of the molecule is Cc1ccc(S(=O)(=O)N[C@@H]2C=C[C@H](CC(=O)N3CCN(c4ccccc4)CC3)O[C@H]2CO)cc1. The number of nitrogens with one attached hydrogen (secondary N) is 1. The molecule has 0 bridgehead atoms. The van der Waals surface area contributed by atoms with Gasteiger partial charge in [-0.25, -0.2) is 13.1 Å². The van der Waals surface area contributed by atoms with Crippen LogP contribution in [-0.4, -0.2) is 75.4 Å². The number of aliphatic hydroxyl groups excluding tert-OH is 1. The van der Waals surface area contributed by atoms with Gasteiger partial charge in [-0.1, -0.05) is 48.0 Å². The Hall–Kier alpha value is -2.72. The molecule has 1 amide bonds. The Morgan fingerprint density at radius 1 is 1.03 bits per heavy atom. The van der Waals surface area contributed by atoms with Crippen LogP contribution in [0.4, 0.5) is 5.69 Å². The van der Waals surface area contributed by atoms with Gasteiger partial charge in [-0.2, -0.15) is 0 Å². The predicted molar refractivity (Wildman–Crippen MR) is 130 cm³/mol. The molecule has 34 heavy (non-hydrogen) atoms. The van der Waals surface area contributed by atoms with Gasteiger partial charge < -0.3 is 19.6 Å². The summed E-state index contributed by atoms with van der Waals surface area (Å²) in [5.74, 6) is -0.0160. The smallest absolute Gasteiger partial charge is 0.241 e. The van der Waals surface area contributed by atoms with Crippen LogP contribution in [0.5, 0.6) is 0 Å². The van der Waals surface area contributed by atoms with Crippen molar-refractivity contribution in [3.05, 3.63) is 72.3 Å². The summed E-state index contributed by atoms with van der Waals surface area (Å²) < 4.78 is 33.9. The van der Waals surface area contributed by atoms with Gasteiger partial charge in [-0.05, 0) is 31.2 Å². The number of para-hydroxylation sites is 1. The van der Waals surface area contributed by atoms with E-state index < -0.39 is 28.3 Å². The molecule has 1 saturated heterocycles. The highest BCUT2D eigenvalue weighted by atomic mass is 32.2. The summed E-state index contributed by atoms with van der Waals surface area (Å²) >= 11 is 0. The number of rotatable bonds is 7. The number of aliphatic hydroxyl groups is 1. The lowest BCUT2D eigenvalue weighted by molar-refractivity contribution is -0.135. The van der Waals surface area contributed by atoms with Crippen molar-refractivity contribution in [3.63, 3.8) is 0 Å². The van der Waals surface area contributed by atoms with E-state index in [-0.39, 0.29) is 23.8 Å². The van der Waals surface area contributed by atoms with Crippen molar-refractivity contribution in [2.75, 3.05) is 37.7 Å². The first-order valence-electron chi connectivity index (χ1n) is 11.5. The van der Waals surface area contributed by atoms with Gasteiger partial charge in [0, 0.05) is 31.9 Å². The molecule has 0 saturated carbocycles. The summed E-state index contributed by atoms with van der Waals surface area (Å²) in [6.45, 7) is 4.30. The molecule has 9 heteroatoms. The Bertz CT molecular complexity index is 1100. The highest BCUT2D eigenvalue weighted by Gasteiger charge is 2.32. The van der Waals surface area contributed by atoms with Crippen molar-refractivity contribution in [1.29, 1.82) is 0 Å². The topological polar surface area (TPSA) is 99.2 Å². The minimum absolute atomic E-state index is 0.0160. The quantitative estimate of drug-likeness (QED) is 0.579. The van der Waals surface area contributed by atoms with Crippen molar-refractivity contribution in [2.45, 2.75) is 36.5 Å². The lowest BCUT2D eigenvalue weighted by atomic mass is 10.1. The molecule has 0 spiro atoms. The first kappa shape index (κ1) is 24.4. The maximum atomic E-state index is 12.8. The highest BCUT2D eigenvalue weighted by Crippen LogP contribution is 2.21. The number of nitrogens with zero attached hydrogens (tertiary/aromatic N) is 2. The number of piperazine rings is 1. The van der Waals surface area contributed by atoms with Gasteiger partial charge in [0.1, 0.15) is 6.10 Å². The van der Waals surface area contributed by atoms with Crippen molar-refractivity contribution in [3.8, 4) is 0 Å². The molecular weight excluding hydrogens is 454 g/mol. The second-order valence-electron chi connectivity index (χ2n) is 8.65. The van der Waals surface area contributed by atoms with Gasteiger partial charge in [-0.3, -0.25) is 4.79 Å². The second kappa shape index (κ2) is 10.7. The summed E-state index contributed by atoms with van der Waals surface area (Å²) in [6, 6.07) is 15.9. The number of benzene rings is 2. The van der Waals surface area contributed by atoms with E-state index in [0.717, 1.165) is 24.3 Å². The Morgan fingerprint density at radius 3 is 2.35 bits per heavy atom. The Morgan fingerprint density at radius 2 is 1.71 bits per heavy atom. The second-order valence-corrected chi connectivity index (χ2v) is 10.4. The number of sulfonamides is 1. The van der Waals surface area contributed by atoms with E-state index in [0.29, 0.717) is 13.1 Å². The summed E-state index contributed by atoms with van der Waals surface area (Å²) in [4.78, 5) is 17.1. The first-order chi connectivity index (χ1) is 16.4. The predicted octanol–water partition coefficient (Wildman–Crippen LogP) is 1.70. The summed E-state index contributed by atoms with van der Waals surface area (Å²) in [6.07, 6.45) is 2.22. The summed E-state index contributed by atoms with van der Waals surface area (Å²) in [5, 5.41) is 9.81. The third-order valence-electron chi connectivity index (χ3n) is 6.22. The monoisotopic (exact) mass is 485 g/mol. The van der Waals surface area contributed by atoms with Crippen molar-refractivity contribution >= 4 is 21.6 Å². The molecular formula is C25H31N3O5S. The van der Waals surface area contributed by atoms with Crippen molar-refractivity contribution in [2.24, 2.45) is 0 Å². The molecule has 4 rings (SSSR count). The van der Waals surface area contributed by atoms with Gasteiger partial charge in [-0.15, -0.1) is 0 Å². The molecule has 0 radical (unpaired) electrons. The van der Waals surface area contributed by atoms with Gasteiger partial charge in [0.15, 0.2) is 0 Å². The number of hydrogen-bond donors (Lipinski definition) is 2. The molecule has 1 fully saturated rings. The minimum atomic E-state index is -3.78. The maximum Gasteiger partial charge on any atom is 0.241 e. The average molecular weight is 486 g/mol. The van der Waals surface area contributed by atoms with Gasteiger partial charge in [0.2, 0.25) is 15.9 Å². The van der Waals surface area contributed by atoms with Crippen LogP contribution < -0.4 is 9.62 Å². The number of anilines is 1.